The number of rotatable bonds is 3. The summed E-state index contributed by atoms with van der Waals surface area (Å²) < 4.78 is 14.2. The molecule has 0 aromatic heterocycles. The molecule has 0 spiro atoms. The molecule has 1 saturated heterocycles. The molecule has 0 aliphatic carbocycles. The van der Waals surface area contributed by atoms with Gasteiger partial charge in [-0.15, -0.1) is 0 Å². The van der Waals surface area contributed by atoms with Gasteiger partial charge in [0.15, 0.2) is 0 Å². The van der Waals surface area contributed by atoms with Crippen LogP contribution in [0.15, 0.2) is 16.6 Å². The molecule has 3 nitrogen and oxygen atoms in total. The number of piperidine rings is 1. The van der Waals surface area contributed by atoms with Crippen LogP contribution in [0.2, 0.25) is 0 Å². The number of nitrogens with one attached hydrogen (secondary N) is 1. The fraction of sp³-hybridized carbons (Fsp3) is 0.533. The van der Waals surface area contributed by atoms with Crippen molar-refractivity contribution in [2.75, 3.05) is 11.4 Å². The third-order valence-corrected chi connectivity index (χ3v) is 4.11. The summed E-state index contributed by atoms with van der Waals surface area (Å²) in [6, 6.07) is 3.24. The number of halogens is 2. The highest BCUT2D eigenvalue weighted by molar-refractivity contribution is 9.10. The first kappa shape index (κ1) is 15.4. The zero-order chi connectivity index (χ0) is 14.9. The molecule has 1 aliphatic heterocycles. The fourth-order valence-corrected chi connectivity index (χ4v) is 3.06. The van der Waals surface area contributed by atoms with E-state index in [9.17, 15) is 9.18 Å². The molecule has 1 heterocycles. The molecule has 1 fully saturated rings. The summed E-state index contributed by atoms with van der Waals surface area (Å²) in [5, 5.41) is 3.28. The zero-order valence-corrected chi connectivity index (χ0v) is 13.6. The molecule has 1 aromatic carbocycles. The largest absolute Gasteiger partial charge is 0.311 e. The lowest BCUT2D eigenvalue weighted by Gasteiger charge is -2.34. The Morgan fingerprint density at radius 1 is 1.45 bits per heavy atom. The van der Waals surface area contributed by atoms with Crippen molar-refractivity contribution < 1.29 is 9.18 Å². The van der Waals surface area contributed by atoms with Gasteiger partial charge in [-0.1, -0.05) is 13.8 Å². The Bertz CT molecular complexity index is 519. The first-order valence-corrected chi connectivity index (χ1v) is 7.72. The lowest BCUT2D eigenvalue weighted by molar-refractivity contribution is -0.121. The number of carbonyl (C=O) groups is 1. The molecule has 0 radical (unpaired) electrons. The molecule has 1 unspecified atom stereocenters. The van der Waals surface area contributed by atoms with Crippen LogP contribution >= 0.6 is 15.9 Å². The second kappa shape index (κ2) is 6.22. The van der Waals surface area contributed by atoms with E-state index in [-0.39, 0.29) is 23.8 Å². The van der Waals surface area contributed by atoms with Gasteiger partial charge in [0.2, 0.25) is 5.91 Å². The minimum absolute atomic E-state index is 0.0368. The molecule has 1 N–H and O–H groups in total. The quantitative estimate of drug-likeness (QED) is 0.913. The molecule has 2 rings (SSSR count). The number of nitrogens with zero attached hydrogens (tertiary/aromatic N) is 1. The molecule has 0 bridgehead atoms. The van der Waals surface area contributed by atoms with Gasteiger partial charge in [0, 0.05) is 18.3 Å². The number of amides is 1. The van der Waals surface area contributed by atoms with Crippen molar-refractivity contribution in [3.63, 3.8) is 0 Å². The Balaban J connectivity index is 2.28. The zero-order valence-electron chi connectivity index (χ0n) is 12.0. The minimum Gasteiger partial charge on any atom is -0.311 e. The van der Waals surface area contributed by atoms with Crippen molar-refractivity contribution in [1.29, 1.82) is 0 Å². The lowest BCUT2D eigenvalue weighted by atomic mass is 10.0. The predicted octanol–water partition coefficient (Wildman–Crippen LogP) is 3.39. The second-order valence-corrected chi connectivity index (χ2v) is 6.41. The Kier molecular flexibility index (Phi) is 4.81. The van der Waals surface area contributed by atoms with Gasteiger partial charge in [0.1, 0.15) is 5.82 Å². The van der Waals surface area contributed by atoms with E-state index in [4.69, 9.17) is 0 Å². The first-order valence-electron chi connectivity index (χ1n) is 6.93. The van der Waals surface area contributed by atoms with E-state index in [0.717, 1.165) is 18.4 Å². The van der Waals surface area contributed by atoms with Gasteiger partial charge in [-0.25, -0.2) is 4.39 Å². The highest BCUT2D eigenvalue weighted by Crippen LogP contribution is 2.29. The molecule has 1 aromatic rings. The molecule has 20 heavy (non-hydrogen) atoms. The maximum absolute atomic E-state index is 13.7. The minimum atomic E-state index is -0.336. The first-order chi connectivity index (χ1) is 9.40. The van der Waals surface area contributed by atoms with Crippen LogP contribution in [-0.4, -0.2) is 24.5 Å². The highest BCUT2D eigenvalue weighted by atomic mass is 79.9. The number of hydrogen-bond donors (Lipinski definition) is 1. The summed E-state index contributed by atoms with van der Waals surface area (Å²) in [7, 11) is 0. The van der Waals surface area contributed by atoms with E-state index < -0.39 is 0 Å². The third kappa shape index (κ3) is 3.20. The van der Waals surface area contributed by atoms with Crippen LogP contribution in [-0.2, 0) is 4.79 Å². The molecular formula is C15H20BrFN2O. The van der Waals surface area contributed by atoms with Crippen molar-refractivity contribution in [1.82, 2.24) is 5.32 Å². The van der Waals surface area contributed by atoms with E-state index in [2.05, 4.69) is 21.2 Å². The molecule has 0 saturated carbocycles. The Labute approximate surface area is 127 Å². The van der Waals surface area contributed by atoms with Crippen molar-refractivity contribution in [2.24, 2.45) is 0 Å². The van der Waals surface area contributed by atoms with Gasteiger partial charge < -0.3 is 10.2 Å². The monoisotopic (exact) mass is 342 g/mol. The van der Waals surface area contributed by atoms with Crippen LogP contribution in [0.4, 0.5) is 10.1 Å². The van der Waals surface area contributed by atoms with Gasteiger partial charge in [0.25, 0.3) is 0 Å². The average molecular weight is 343 g/mol. The molecule has 1 amide bonds. The number of aryl methyl sites for hydroxylation is 1. The van der Waals surface area contributed by atoms with Crippen molar-refractivity contribution >= 4 is 27.5 Å². The molecule has 1 atom stereocenters. The summed E-state index contributed by atoms with van der Waals surface area (Å²) in [4.78, 5) is 14.2. The number of hydrogen-bond acceptors (Lipinski definition) is 2. The van der Waals surface area contributed by atoms with E-state index in [1.54, 1.807) is 11.0 Å². The van der Waals surface area contributed by atoms with Gasteiger partial charge in [0.05, 0.1) is 10.5 Å². The van der Waals surface area contributed by atoms with Crippen LogP contribution in [0, 0.1) is 12.7 Å². The third-order valence-electron chi connectivity index (χ3n) is 3.50. The number of carbonyl (C=O) groups excluding carboxylic acids is 1. The maximum Gasteiger partial charge on any atom is 0.244 e. The van der Waals surface area contributed by atoms with Crippen LogP contribution in [0.5, 0.6) is 0 Å². The fourth-order valence-electron chi connectivity index (χ4n) is 2.60. The van der Waals surface area contributed by atoms with E-state index in [1.165, 1.54) is 6.07 Å². The normalized spacial score (nSPS) is 19.8. The highest BCUT2D eigenvalue weighted by Gasteiger charge is 2.30. The summed E-state index contributed by atoms with van der Waals surface area (Å²) in [6.07, 6.45) is 1.76. The van der Waals surface area contributed by atoms with Crippen molar-refractivity contribution in [3.8, 4) is 0 Å². The van der Waals surface area contributed by atoms with Crippen LogP contribution in [0.3, 0.4) is 0 Å². The molecule has 5 heteroatoms. The summed E-state index contributed by atoms with van der Waals surface area (Å²) in [5.41, 5.74) is 1.57. The lowest BCUT2D eigenvalue weighted by Crippen LogP contribution is -2.52. The predicted molar refractivity (Wildman–Crippen MR) is 82.5 cm³/mol. The Hall–Kier alpha value is -0.940. The molecular weight excluding hydrogens is 323 g/mol. The standard InChI is InChI=1S/C15H20BrFN2O/c1-9(2)18-13-5-4-6-19(15(13)20)14-8-12(17)11(16)7-10(14)3/h7-9,13,18H,4-6H2,1-3H3. The van der Waals surface area contributed by atoms with Crippen molar-refractivity contribution in [2.45, 2.75) is 45.7 Å². The number of benzene rings is 1. The summed E-state index contributed by atoms with van der Waals surface area (Å²) in [6.45, 7) is 6.59. The van der Waals surface area contributed by atoms with E-state index in [0.29, 0.717) is 16.7 Å². The van der Waals surface area contributed by atoms with Gasteiger partial charge in [-0.05, 0) is 53.4 Å². The van der Waals surface area contributed by atoms with Gasteiger partial charge in [-0.3, -0.25) is 4.79 Å². The maximum atomic E-state index is 13.7. The molecule has 1 aliphatic rings. The smallest absolute Gasteiger partial charge is 0.244 e. The average Bonchev–Trinajstić information content (AvgIpc) is 2.36. The van der Waals surface area contributed by atoms with Gasteiger partial charge >= 0.3 is 0 Å². The van der Waals surface area contributed by atoms with Crippen molar-refractivity contribution in [3.05, 3.63) is 28.0 Å². The van der Waals surface area contributed by atoms with E-state index in [1.807, 2.05) is 20.8 Å². The van der Waals surface area contributed by atoms with Gasteiger partial charge in [-0.2, -0.15) is 0 Å². The summed E-state index contributed by atoms with van der Waals surface area (Å²) >= 11 is 3.17. The van der Waals surface area contributed by atoms with Crippen LogP contribution in [0.25, 0.3) is 0 Å². The van der Waals surface area contributed by atoms with E-state index >= 15 is 0 Å². The van der Waals surface area contributed by atoms with Crippen LogP contribution in [0.1, 0.15) is 32.3 Å². The SMILES string of the molecule is Cc1cc(Br)c(F)cc1N1CCCC(NC(C)C)C1=O. The molecule has 110 valence electrons. The summed E-state index contributed by atoms with van der Waals surface area (Å²) in [5.74, 6) is -0.299. The topological polar surface area (TPSA) is 32.3 Å². The Morgan fingerprint density at radius 3 is 2.80 bits per heavy atom. The second-order valence-electron chi connectivity index (χ2n) is 5.56. The van der Waals surface area contributed by atoms with Crippen LogP contribution < -0.4 is 10.2 Å². The number of anilines is 1. The Morgan fingerprint density at radius 2 is 2.15 bits per heavy atom.